The summed E-state index contributed by atoms with van der Waals surface area (Å²) in [5, 5.41) is -0.127. The van der Waals surface area contributed by atoms with Gasteiger partial charge in [0.15, 0.2) is 0 Å². The summed E-state index contributed by atoms with van der Waals surface area (Å²) in [5.74, 6) is 0.585. The maximum atomic E-state index is 12.5. The van der Waals surface area contributed by atoms with E-state index in [-0.39, 0.29) is 11.3 Å². The van der Waals surface area contributed by atoms with E-state index in [4.69, 9.17) is 0 Å². The number of carbonyl (C=O) groups excluding carboxylic acids is 1. The molecule has 2 aliphatic heterocycles. The van der Waals surface area contributed by atoms with Crippen LogP contribution in [0.15, 0.2) is 0 Å². The summed E-state index contributed by atoms with van der Waals surface area (Å²) in [6.45, 7) is 0.745. The SMILES string of the molecule is O=C1C(F)C2SCCN12. The van der Waals surface area contributed by atoms with Crippen molar-refractivity contribution >= 4 is 17.7 Å². The second-order valence-corrected chi connectivity index (χ2v) is 3.42. The summed E-state index contributed by atoms with van der Waals surface area (Å²) in [7, 11) is 0. The number of halogens is 1. The van der Waals surface area contributed by atoms with Gasteiger partial charge >= 0.3 is 0 Å². The average Bonchev–Trinajstić information content (AvgIpc) is 2.30. The lowest BCUT2D eigenvalue weighted by atomic mass is 10.2. The van der Waals surface area contributed by atoms with Crippen molar-refractivity contribution in [1.29, 1.82) is 0 Å². The van der Waals surface area contributed by atoms with Gasteiger partial charge in [-0.3, -0.25) is 4.79 Å². The number of alkyl halides is 1. The number of hydrogen-bond donors (Lipinski definition) is 0. The molecule has 2 atom stereocenters. The molecule has 0 aromatic carbocycles. The fourth-order valence-corrected chi connectivity index (χ4v) is 2.38. The summed E-state index contributed by atoms with van der Waals surface area (Å²) in [5.41, 5.74) is 0. The molecule has 2 rings (SSSR count). The smallest absolute Gasteiger partial charge is 0.261 e. The molecule has 0 aromatic rings. The van der Waals surface area contributed by atoms with Gasteiger partial charge in [-0.1, -0.05) is 0 Å². The molecule has 2 saturated heterocycles. The first-order valence-corrected chi connectivity index (χ1v) is 3.92. The summed E-state index contributed by atoms with van der Waals surface area (Å²) in [4.78, 5) is 12.2. The van der Waals surface area contributed by atoms with E-state index < -0.39 is 6.17 Å². The molecule has 1 amide bonds. The van der Waals surface area contributed by atoms with Gasteiger partial charge in [0.05, 0.1) is 0 Å². The molecule has 2 aliphatic rings. The van der Waals surface area contributed by atoms with E-state index in [0.717, 1.165) is 12.3 Å². The largest absolute Gasteiger partial charge is 0.324 e. The predicted octanol–water partition coefficient (Wildman–Crippen LogP) is 0.240. The first-order chi connectivity index (χ1) is 4.30. The molecular weight excluding hydrogens is 141 g/mol. The van der Waals surface area contributed by atoms with Crippen LogP contribution in [0.25, 0.3) is 0 Å². The number of rotatable bonds is 0. The molecule has 0 aromatic heterocycles. The van der Waals surface area contributed by atoms with Crippen molar-refractivity contribution in [2.24, 2.45) is 0 Å². The Morgan fingerprint density at radius 2 is 2.56 bits per heavy atom. The first-order valence-electron chi connectivity index (χ1n) is 2.87. The Hall–Kier alpha value is -0.250. The van der Waals surface area contributed by atoms with E-state index >= 15 is 0 Å². The number of nitrogens with zero attached hydrogens (tertiary/aromatic N) is 1. The van der Waals surface area contributed by atoms with Crippen molar-refractivity contribution in [2.75, 3.05) is 12.3 Å². The third-order valence-corrected chi connectivity index (χ3v) is 2.95. The molecule has 4 heteroatoms. The third kappa shape index (κ3) is 0.542. The van der Waals surface area contributed by atoms with Gasteiger partial charge in [0.1, 0.15) is 5.37 Å². The van der Waals surface area contributed by atoms with Gasteiger partial charge in [0.2, 0.25) is 6.17 Å². The number of thioether (sulfide) groups is 1. The van der Waals surface area contributed by atoms with Crippen LogP contribution in [0.1, 0.15) is 0 Å². The van der Waals surface area contributed by atoms with E-state index in [0.29, 0.717) is 0 Å². The molecule has 0 aliphatic carbocycles. The highest BCUT2D eigenvalue weighted by atomic mass is 32.2. The highest BCUT2D eigenvalue weighted by Crippen LogP contribution is 2.36. The van der Waals surface area contributed by atoms with Crippen LogP contribution in [0.5, 0.6) is 0 Å². The van der Waals surface area contributed by atoms with Gasteiger partial charge in [-0.05, 0) is 0 Å². The molecule has 2 fully saturated rings. The maximum absolute atomic E-state index is 12.5. The van der Waals surface area contributed by atoms with Gasteiger partial charge in [-0.2, -0.15) is 0 Å². The van der Waals surface area contributed by atoms with Crippen LogP contribution in [0, 0.1) is 0 Å². The summed E-state index contributed by atoms with van der Waals surface area (Å²) >= 11 is 1.53. The number of amides is 1. The quantitative estimate of drug-likeness (QED) is 0.457. The minimum atomic E-state index is -1.20. The molecule has 9 heavy (non-hydrogen) atoms. The Morgan fingerprint density at radius 1 is 1.78 bits per heavy atom. The Balaban J connectivity index is 2.14. The molecule has 2 nitrogen and oxygen atoms in total. The Morgan fingerprint density at radius 3 is 3.22 bits per heavy atom. The van der Waals surface area contributed by atoms with Crippen LogP contribution in [-0.4, -0.2) is 34.7 Å². The first kappa shape index (κ1) is 5.53. The maximum Gasteiger partial charge on any atom is 0.261 e. The molecule has 0 N–H and O–H groups in total. The summed E-state index contributed by atoms with van der Waals surface area (Å²) in [6, 6.07) is 0. The van der Waals surface area contributed by atoms with Crippen LogP contribution in [-0.2, 0) is 4.79 Å². The Kier molecular flexibility index (Phi) is 0.997. The standard InChI is InChI=1S/C5H6FNOS/c6-3-4(8)7-1-2-9-5(3)7/h3,5H,1-2H2. The van der Waals surface area contributed by atoms with Gasteiger partial charge in [-0.15, -0.1) is 11.8 Å². The molecule has 50 valence electrons. The zero-order chi connectivity index (χ0) is 6.43. The van der Waals surface area contributed by atoms with E-state index in [1.807, 2.05) is 0 Å². The topological polar surface area (TPSA) is 20.3 Å². The monoisotopic (exact) mass is 147 g/mol. The lowest BCUT2D eigenvalue weighted by Gasteiger charge is -2.36. The van der Waals surface area contributed by atoms with Crippen molar-refractivity contribution in [3.63, 3.8) is 0 Å². The minimum absolute atomic E-state index is 0.127. The fourth-order valence-electron chi connectivity index (χ4n) is 1.17. The van der Waals surface area contributed by atoms with Crippen molar-refractivity contribution in [1.82, 2.24) is 4.90 Å². The van der Waals surface area contributed by atoms with Crippen LogP contribution in [0.4, 0.5) is 4.39 Å². The zero-order valence-electron chi connectivity index (χ0n) is 4.71. The van der Waals surface area contributed by atoms with Crippen LogP contribution >= 0.6 is 11.8 Å². The average molecular weight is 147 g/mol. The molecule has 2 unspecified atom stereocenters. The van der Waals surface area contributed by atoms with E-state index in [1.165, 1.54) is 11.8 Å². The summed E-state index contributed by atoms with van der Waals surface area (Å²) in [6.07, 6.45) is -1.20. The molecular formula is C5H6FNOS. The lowest BCUT2D eigenvalue weighted by Crippen LogP contribution is -2.58. The second kappa shape index (κ2) is 1.62. The minimum Gasteiger partial charge on any atom is -0.324 e. The number of β-lactam (4-membered cyclic amide) rings is 1. The van der Waals surface area contributed by atoms with E-state index in [2.05, 4.69) is 0 Å². The molecule has 0 bridgehead atoms. The lowest BCUT2D eigenvalue weighted by molar-refractivity contribution is -0.150. The van der Waals surface area contributed by atoms with Crippen molar-refractivity contribution in [2.45, 2.75) is 11.5 Å². The van der Waals surface area contributed by atoms with Crippen molar-refractivity contribution < 1.29 is 9.18 Å². The second-order valence-electron chi connectivity index (χ2n) is 2.19. The highest BCUT2D eigenvalue weighted by Gasteiger charge is 2.50. The number of fused-ring (bicyclic) bond motifs is 1. The van der Waals surface area contributed by atoms with Crippen LogP contribution < -0.4 is 0 Å². The predicted molar refractivity (Wildman–Crippen MR) is 32.9 cm³/mol. The Bertz CT molecular complexity index is 163. The van der Waals surface area contributed by atoms with Crippen LogP contribution in [0.3, 0.4) is 0 Å². The Labute approximate surface area is 56.4 Å². The zero-order valence-corrected chi connectivity index (χ0v) is 5.53. The third-order valence-electron chi connectivity index (χ3n) is 1.70. The van der Waals surface area contributed by atoms with Gasteiger partial charge in [0.25, 0.3) is 5.91 Å². The van der Waals surface area contributed by atoms with Gasteiger partial charge in [0, 0.05) is 12.3 Å². The normalized spacial score (nSPS) is 40.6. The summed E-state index contributed by atoms with van der Waals surface area (Å²) < 4.78 is 12.5. The van der Waals surface area contributed by atoms with Crippen molar-refractivity contribution in [3.8, 4) is 0 Å². The number of hydrogen-bond acceptors (Lipinski definition) is 2. The van der Waals surface area contributed by atoms with E-state index in [9.17, 15) is 9.18 Å². The molecule has 0 spiro atoms. The van der Waals surface area contributed by atoms with Gasteiger partial charge in [-0.25, -0.2) is 4.39 Å². The fraction of sp³-hybridized carbons (Fsp3) is 0.800. The van der Waals surface area contributed by atoms with E-state index in [1.54, 1.807) is 4.90 Å². The molecule has 0 radical (unpaired) electrons. The highest BCUT2D eigenvalue weighted by molar-refractivity contribution is 8.00. The molecule has 2 heterocycles. The number of carbonyl (C=O) groups is 1. The van der Waals surface area contributed by atoms with Crippen LogP contribution in [0.2, 0.25) is 0 Å². The van der Waals surface area contributed by atoms with Gasteiger partial charge < -0.3 is 4.90 Å². The van der Waals surface area contributed by atoms with Crippen molar-refractivity contribution in [3.05, 3.63) is 0 Å². The molecule has 0 saturated carbocycles.